The third kappa shape index (κ3) is 4.75. The number of rotatable bonds is 7. The molecule has 152 valence electrons. The van der Waals surface area contributed by atoms with Crippen molar-refractivity contribution in [1.82, 2.24) is 14.5 Å². The summed E-state index contributed by atoms with van der Waals surface area (Å²) in [6.07, 6.45) is -0.634. The molecular weight excluding hydrogens is 368 g/mol. The number of fused-ring (bicyclic) bond motifs is 1. The van der Waals surface area contributed by atoms with Crippen LogP contribution in [0.25, 0.3) is 11.0 Å². The van der Waals surface area contributed by atoms with Crippen molar-refractivity contribution < 1.29 is 14.3 Å². The second-order valence-corrected chi connectivity index (χ2v) is 7.09. The van der Waals surface area contributed by atoms with Crippen LogP contribution in [0.4, 0.5) is 5.95 Å². The zero-order valence-corrected chi connectivity index (χ0v) is 16.6. The van der Waals surface area contributed by atoms with Gasteiger partial charge in [0.25, 0.3) is 5.91 Å². The Bertz CT molecular complexity index is 951. The molecule has 2 aromatic carbocycles. The van der Waals surface area contributed by atoms with Crippen molar-refractivity contribution in [3.63, 3.8) is 0 Å². The lowest BCUT2D eigenvalue weighted by atomic mass is 10.3. The molecule has 7 nitrogen and oxygen atoms in total. The lowest BCUT2D eigenvalue weighted by molar-refractivity contribution is -0.122. The summed E-state index contributed by atoms with van der Waals surface area (Å²) in [5.41, 5.74) is 1.87. The van der Waals surface area contributed by atoms with Crippen LogP contribution in [0.5, 0.6) is 5.75 Å². The Kier molecular flexibility index (Phi) is 6.07. The van der Waals surface area contributed by atoms with E-state index in [1.165, 1.54) is 0 Å². The highest BCUT2D eigenvalue weighted by Crippen LogP contribution is 2.20. The van der Waals surface area contributed by atoms with Gasteiger partial charge in [0.15, 0.2) is 6.10 Å². The van der Waals surface area contributed by atoms with Gasteiger partial charge in [0.2, 0.25) is 5.95 Å². The predicted molar refractivity (Wildman–Crippen MR) is 112 cm³/mol. The zero-order chi connectivity index (χ0) is 20.1. The summed E-state index contributed by atoms with van der Waals surface area (Å²) in [7, 11) is 0. The van der Waals surface area contributed by atoms with Gasteiger partial charge in [-0.05, 0) is 31.2 Å². The summed E-state index contributed by atoms with van der Waals surface area (Å²) >= 11 is 0. The Morgan fingerprint density at radius 2 is 1.83 bits per heavy atom. The maximum atomic E-state index is 12.7. The van der Waals surface area contributed by atoms with Crippen LogP contribution in [0.2, 0.25) is 0 Å². The van der Waals surface area contributed by atoms with Crippen LogP contribution in [0.1, 0.15) is 6.92 Å². The van der Waals surface area contributed by atoms with E-state index in [4.69, 9.17) is 9.47 Å². The lowest BCUT2D eigenvalue weighted by Crippen LogP contribution is -2.38. The van der Waals surface area contributed by atoms with E-state index in [9.17, 15) is 4.79 Å². The number of benzene rings is 2. The second-order valence-electron chi connectivity index (χ2n) is 7.09. The van der Waals surface area contributed by atoms with Gasteiger partial charge >= 0.3 is 0 Å². The molecule has 1 aromatic heterocycles. The molecular formula is C22H26N4O3. The number of nitrogens with one attached hydrogen (secondary N) is 1. The van der Waals surface area contributed by atoms with E-state index in [-0.39, 0.29) is 5.91 Å². The van der Waals surface area contributed by atoms with Crippen molar-refractivity contribution in [2.24, 2.45) is 0 Å². The molecule has 1 fully saturated rings. The number of amides is 1. The van der Waals surface area contributed by atoms with Gasteiger partial charge in [-0.3, -0.25) is 15.0 Å². The number of hydrogen-bond donors (Lipinski definition) is 1. The first kappa shape index (κ1) is 19.4. The van der Waals surface area contributed by atoms with Crippen molar-refractivity contribution in [2.45, 2.75) is 19.6 Å². The molecule has 0 spiro atoms. The Hall–Kier alpha value is -2.90. The average molecular weight is 394 g/mol. The monoisotopic (exact) mass is 394 g/mol. The van der Waals surface area contributed by atoms with Crippen molar-refractivity contribution in [2.75, 3.05) is 38.2 Å². The highest BCUT2D eigenvalue weighted by molar-refractivity contribution is 5.94. The number of para-hydroxylation sites is 3. The van der Waals surface area contributed by atoms with Gasteiger partial charge in [-0.15, -0.1) is 0 Å². The van der Waals surface area contributed by atoms with Crippen molar-refractivity contribution >= 4 is 22.9 Å². The van der Waals surface area contributed by atoms with E-state index < -0.39 is 6.10 Å². The average Bonchev–Trinajstić information content (AvgIpc) is 3.10. The van der Waals surface area contributed by atoms with E-state index in [0.29, 0.717) is 11.7 Å². The van der Waals surface area contributed by atoms with E-state index in [1.54, 1.807) is 6.92 Å². The maximum Gasteiger partial charge on any atom is 0.267 e. The van der Waals surface area contributed by atoms with E-state index in [2.05, 4.69) is 19.8 Å². The Morgan fingerprint density at radius 1 is 1.10 bits per heavy atom. The van der Waals surface area contributed by atoms with Crippen LogP contribution < -0.4 is 10.1 Å². The molecule has 29 heavy (non-hydrogen) atoms. The molecule has 1 aliphatic heterocycles. The van der Waals surface area contributed by atoms with Gasteiger partial charge in [-0.2, -0.15) is 0 Å². The number of morpholine rings is 1. The normalized spacial score (nSPS) is 15.9. The van der Waals surface area contributed by atoms with Crippen molar-refractivity contribution in [1.29, 1.82) is 0 Å². The third-order valence-corrected chi connectivity index (χ3v) is 5.06. The first-order valence-electron chi connectivity index (χ1n) is 9.98. The molecule has 4 rings (SSSR count). The highest BCUT2D eigenvalue weighted by atomic mass is 16.5. The number of ether oxygens (including phenoxy) is 2. The molecule has 0 aliphatic carbocycles. The maximum absolute atomic E-state index is 12.7. The van der Waals surface area contributed by atoms with Crippen molar-refractivity contribution in [3.05, 3.63) is 54.6 Å². The number of carbonyl (C=O) groups excluding carboxylic acids is 1. The summed E-state index contributed by atoms with van der Waals surface area (Å²) in [5.74, 6) is 0.987. The minimum absolute atomic E-state index is 0.225. The molecule has 1 amide bonds. The molecule has 0 saturated carbocycles. The number of anilines is 1. The van der Waals surface area contributed by atoms with Crippen LogP contribution >= 0.6 is 0 Å². The minimum Gasteiger partial charge on any atom is -0.481 e. The van der Waals surface area contributed by atoms with E-state index in [1.807, 2.05) is 54.6 Å². The fraction of sp³-hybridized carbons (Fsp3) is 0.364. The quantitative estimate of drug-likeness (QED) is 0.667. The summed E-state index contributed by atoms with van der Waals surface area (Å²) < 4.78 is 13.2. The molecule has 1 saturated heterocycles. The fourth-order valence-corrected chi connectivity index (χ4v) is 3.43. The van der Waals surface area contributed by atoms with E-state index in [0.717, 1.165) is 50.4 Å². The number of aromatic nitrogens is 2. The smallest absolute Gasteiger partial charge is 0.267 e. The second kappa shape index (κ2) is 9.07. The summed E-state index contributed by atoms with van der Waals surface area (Å²) in [4.78, 5) is 19.7. The third-order valence-electron chi connectivity index (χ3n) is 5.06. The Balaban J connectivity index is 1.49. The first-order chi connectivity index (χ1) is 14.2. The molecule has 0 radical (unpaired) electrons. The standard InChI is InChI=1S/C22H26N4O3/c1-17(29-18-7-3-2-4-8-18)21(27)24-22-23-19-9-5-6-10-20(19)26(22)12-11-25-13-15-28-16-14-25/h2-10,17H,11-16H2,1H3,(H,23,24,27)/t17-/m1/s1. The van der Waals surface area contributed by atoms with Crippen LogP contribution in [0.3, 0.4) is 0 Å². The topological polar surface area (TPSA) is 68.6 Å². The number of nitrogens with zero attached hydrogens (tertiary/aromatic N) is 3. The predicted octanol–water partition coefficient (Wildman–Crippen LogP) is 2.77. The van der Waals surface area contributed by atoms with Gasteiger partial charge in [-0.25, -0.2) is 4.98 Å². The largest absolute Gasteiger partial charge is 0.481 e. The van der Waals surface area contributed by atoms with Gasteiger partial charge in [0, 0.05) is 26.2 Å². The molecule has 1 atom stereocenters. The van der Waals surface area contributed by atoms with E-state index >= 15 is 0 Å². The van der Waals surface area contributed by atoms with Gasteiger partial charge in [-0.1, -0.05) is 30.3 Å². The van der Waals surface area contributed by atoms with Crippen LogP contribution in [0, 0.1) is 0 Å². The number of hydrogen-bond acceptors (Lipinski definition) is 5. The molecule has 2 heterocycles. The summed E-state index contributed by atoms with van der Waals surface area (Å²) in [6, 6.07) is 17.3. The minimum atomic E-state index is -0.634. The zero-order valence-electron chi connectivity index (χ0n) is 16.6. The van der Waals surface area contributed by atoms with Gasteiger partial charge < -0.3 is 14.0 Å². The van der Waals surface area contributed by atoms with Crippen LogP contribution in [0.15, 0.2) is 54.6 Å². The molecule has 1 aliphatic rings. The fourth-order valence-electron chi connectivity index (χ4n) is 3.43. The van der Waals surface area contributed by atoms with Crippen LogP contribution in [-0.4, -0.2) is 59.3 Å². The molecule has 0 unspecified atom stereocenters. The highest BCUT2D eigenvalue weighted by Gasteiger charge is 2.20. The molecule has 7 heteroatoms. The lowest BCUT2D eigenvalue weighted by Gasteiger charge is -2.27. The first-order valence-corrected chi connectivity index (χ1v) is 9.98. The van der Waals surface area contributed by atoms with Gasteiger partial charge in [0.1, 0.15) is 5.75 Å². The molecule has 1 N–H and O–H groups in total. The summed E-state index contributed by atoms with van der Waals surface area (Å²) in [6.45, 7) is 6.74. The van der Waals surface area contributed by atoms with Gasteiger partial charge in [0.05, 0.1) is 24.2 Å². The Morgan fingerprint density at radius 3 is 2.62 bits per heavy atom. The van der Waals surface area contributed by atoms with Crippen LogP contribution in [-0.2, 0) is 16.1 Å². The number of carbonyl (C=O) groups is 1. The molecule has 3 aromatic rings. The SMILES string of the molecule is C[C@@H](Oc1ccccc1)C(=O)Nc1nc2ccccc2n1CCN1CCOCC1. The molecule has 0 bridgehead atoms. The Labute approximate surface area is 170 Å². The number of imidazole rings is 1. The van der Waals surface area contributed by atoms with Crippen molar-refractivity contribution in [3.8, 4) is 5.75 Å². The summed E-state index contributed by atoms with van der Waals surface area (Å²) in [5, 5.41) is 2.95.